The highest BCUT2D eigenvalue weighted by Gasteiger charge is 2.49. The minimum absolute atomic E-state index is 0.214. The van der Waals surface area contributed by atoms with Crippen LogP contribution in [0.3, 0.4) is 0 Å². The summed E-state index contributed by atoms with van der Waals surface area (Å²) in [7, 11) is 3.71. The predicted molar refractivity (Wildman–Crippen MR) is 76.9 cm³/mol. The van der Waals surface area contributed by atoms with Gasteiger partial charge in [0, 0.05) is 44.9 Å². The SMILES string of the molecule is CNC(=O)[C@@H]1CCC[C@@]12CCN(Cc1cnn(C)c1)C2. The van der Waals surface area contributed by atoms with E-state index >= 15 is 0 Å². The smallest absolute Gasteiger partial charge is 0.223 e. The van der Waals surface area contributed by atoms with Crippen LogP contribution in [-0.2, 0) is 18.4 Å². The molecule has 1 saturated carbocycles. The first-order valence-electron chi connectivity index (χ1n) is 7.54. The number of rotatable bonds is 3. The summed E-state index contributed by atoms with van der Waals surface area (Å²) in [5, 5.41) is 7.09. The topological polar surface area (TPSA) is 50.2 Å². The van der Waals surface area contributed by atoms with E-state index in [0.717, 1.165) is 32.5 Å². The first-order chi connectivity index (χ1) is 9.63. The second-order valence-corrected chi connectivity index (χ2v) is 6.40. The van der Waals surface area contributed by atoms with Crippen LogP contribution in [0.25, 0.3) is 0 Å². The fourth-order valence-corrected chi connectivity index (χ4v) is 4.14. The van der Waals surface area contributed by atoms with Crippen molar-refractivity contribution in [3.8, 4) is 0 Å². The molecule has 1 aliphatic heterocycles. The zero-order valence-electron chi connectivity index (χ0n) is 12.4. The molecular formula is C15H24N4O. The van der Waals surface area contributed by atoms with Crippen molar-refractivity contribution in [3.63, 3.8) is 0 Å². The van der Waals surface area contributed by atoms with Gasteiger partial charge in [-0.3, -0.25) is 14.4 Å². The first kappa shape index (κ1) is 13.6. The quantitative estimate of drug-likeness (QED) is 0.901. The first-order valence-corrected chi connectivity index (χ1v) is 7.54. The highest BCUT2D eigenvalue weighted by Crippen LogP contribution is 2.49. The maximum atomic E-state index is 12.1. The van der Waals surface area contributed by atoms with Crippen molar-refractivity contribution in [3.05, 3.63) is 18.0 Å². The van der Waals surface area contributed by atoms with Gasteiger partial charge in [-0.15, -0.1) is 0 Å². The Labute approximate surface area is 120 Å². The van der Waals surface area contributed by atoms with Gasteiger partial charge >= 0.3 is 0 Å². The largest absolute Gasteiger partial charge is 0.359 e. The lowest BCUT2D eigenvalue weighted by Gasteiger charge is -2.30. The number of aryl methyl sites for hydroxylation is 1. The molecule has 1 aromatic heterocycles. The van der Waals surface area contributed by atoms with E-state index in [4.69, 9.17) is 0 Å². The molecule has 1 N–H and O–H groups in total. The molecule has 3 rings (SSSR count). The summed E-state index contributed by atoms with van der Waals surface area (Å²) in [6, 6.07) is 0. The van der Waals surface area contributed by atoms with E-state index in [-0.39, 0.29) is 17.2 Å². The van der Waals surface area contributed by atoms with Gasteiger partial charge in [0.15, 0.2) is 0 Å². The van der Waals surface area contributed by atoms with E-state index < -0.39 is 0 Å². The molecule has 1 saturated heterocycles. The van der Waals surface area contributed by atoms with Crippen molar-refractivity contribution in [1.29, 1.82) is 0 Å². The summed E-state index contributed by atoms with van der Waals surface area (Å²) in [4.78, 5) is 14.6. The normalized spacial score (nSPS) is 30.2. The second-order valence-electron chi connectivity index (χ2n) is 6.40. The molecule has 1 spiro atoms. The summed E-state index contributed by atoms with van der Waals surface area (Å²) in [6.07, 6.45) is 8.63. The van der Waals surface area contributed by atoms with Crippen LogP contribution in [0.1, 0.15) is 31.2 Å². The standard InChI is InChI=1S/C15H24N4O/c1-16-14(20)13-4-3-5-15(13)6-7-19(11-15)10-12-8-17-18(2)9-12/h8-9,13H,3-7,10-11H2,1-2H3,(H,16,20)/t13-,15-/m0/s1. The molecule has 0 unspecified atom stereocenters. The average Bonchev–Trinajstić information content (AvgIpc) is 3.13. The molecule has 0 bridgehead atoms. The van der Waals surface area contributed by atoms with Gasteiger partial charge < -0.3 is 5.32 Å². The number of hydrogen-bond acceptors (Lipinski definition) is 3. The summed E-state index contributed by atoms with van der Waals surface area (Å²) >= 11 is 0. The van der Waals surface area contributed by atoms with E-state index in [9.17, 15) is 4.79 Å². The Morgan fingerprint density at radius 3 is 3.10 bits per heavy atom. The third-order valence-corrected chi connectivity index (χ3v) is 5.10. The predicted octanol–water partition coefficient (Wildman–Crippen LogP) is 1.16. The Balaban J connectivity index is 1.67. The van der Waals surface area contributed by atoms with E-state index in [2.05, 4.69) is 21.5 Å². The molecule has 2 aliphatic rings. The third kappa shape index (κ3) is 2.35. The van der Waals surface area contributed by atoms with Crippen LogP contribution >= 0.6 is 0 Å². The lowest BCUT2D eigenvalue weighted by Crippen LogP contribution is -2.39. The molecule has 1 aromatic rings. The summed E-state index contributed by atoms with van der Waals surface area (Å²) in [5.41, 5.74) is 1.49. The fraction of sp³-hybridized carbons (Fsp3) is 0.733. The van der Waals surface area contributed by atoms with Gasteiger partial charge in [0.1, 0.15) is 0 Å². The van der Waals surface area contributed by atoms with E-state index in [0.29, 0.717) is 0 Å². The number of nitrogens with zero attached hydrogens (tertiary/aromatic N) is 3. The summed E-state index contributed by atoms with van der Waals surface area (Å²) in [5.74, 6) is 0.456. The minimum atomic E-state index is 0.214. The van der Waals surface area contributed by atoms with E-state index in [1.807, 2.05) is 17.9 Å². The monoisotopic (exact) mass is 276 g/mol. The molecule has 2 fully saturated rings. The third-order valence-electron chi connectivity index (χ3n) is 5.10. The van der Waals surface area contributed by atoms with Gasteiger partial charge in [0.05, 0.1) is 6.20 Å². The van der Waals surface area contributed by atoms with E-state index in [1.54, 1.807) is 7.05 Å². The number of nitrogens with one attached hydrogen (secondary N) is 1. The molecule has 20 heavy (non-hydrogen) atoms. The number of carbonyl (C=O) groups excluding carboxylic acids is 1. The number of amides is 1. The van der Waals surface area contributed by atoms with Crippen molar-refractivity contribution >= 4 is 5.91 Å². The molecule has 1 aliphatic carbocycles. The molecule has 0 radical (unpaired) electrons. The van der Waals surface area contributed by atoms with Crippen molar-refractivity contribution in [1.82, 2.24) is 20.0 Å². The Morgan fingerprint density at radius 2 is 2.40 bits per heavy atom. The zero-order valence-corrected chi connectivity index (χ0v) is 12.4. The summed E-state index contributed by atoms with van der Waals surface area (Å²) < 4.78 is 1.85. The van der Waals surface area contributed by atoms with Crippen LogP contribution in [0.4, 0.5) is 0 Å². The highest BCUT2D eigenvalue weighted by atomic mass is 16.1. The van der Waals surface area contributed by atoms with Crippen molar-refractivity contribution in [2.75, 3.05) is 20.1 Å². The van der Waals surface area contributed by atoms with Crippen LogP contribution in [-0.4, -0.2) is 40.7 Å². The number of aromatic nitrogens is 2. The number of carbonyl (C=O) groups is 1. The van der Waals surface area contributed by atoms with Gasteiger partial charge in [-0.25, -0.2) is 0 Å². The maximum absolute atomic E-state index is 12.1. The Bertz CT molecular complexity index is 498. The molecule has 2 atom stereocenters. The van der Waals surface area contributed by atoms with Crippen LogP contribution in [0.2, 0.25) is 0 Å². The van der Waals surface area contributed by atoms with Gasteiger partial charge in [0.2, 0.25) is 5.91 Å². The molecule has 1 amide bonds. The van der Waals surface area contributed by atoms with Crippen molar-refractivity contribution < 1.29 is 4.79 Å². The fourth-order valence-electron chi connectivity index (χ4n) is 4.14. The molecule has 5 heteroatoms. The van der Waals surface area contributed by atoms with Crippen LogP contribution in [0.5, 0.6) is 0 Å². The molecular weight excluding hydrogens is 252 g/mol. The van der Waals surface area contributed by atoms with Gasteiger partial charge in [0.25, 0.3) is 0 Å². The van der Waals surface area contributed by atoms with Crippen molar-refractivity contribution in [2.24, 2.45) is 18.4 Å². The van der Waals surface area contributed by atoms with Gasteiger partial charge in [-0.1, -0.05) is 6.42 Å². The maximum Gasteiger partial charge on any atom is 0.223 e. The van der Waals surface area contributed by atoms with Crippen molar-refractivity contribution in [2.45, 2.75) is 32.2 Å². The highest BCUT2D eigenvalue weighted by molar-refractivity contribution is 5.79. The number of likely N-dealkylation sites (tertiary alicyclic amines) is 1. The second kappa shape index (κ2) is 5.20. The average molecular weight is 276 g/mol. The van der Waals surface area contributed by atoms with Crippen LogP contribution < -0.4 is 5.32 Å². The lowest BCUT2D eigenvalue weighted by atomic mass is 9.76. The molecule has 5 nitrogen and oxygen atoms in total. The molecule has 110 valence electrons. The Hall–Kier alpha value is -1.36. The Morgan fingerprint density at radius 1 is 1.55 bits per heavy atom. The minimum Gasteiger partial charge on any atom is -0.359 e. The van der Waals surface area contributed by atoms with Gasteiger partial charge in [-0.2, -0.15) is 5.10 Å². The molecule has 2 heterocycles. The lowest BCUT2D eigenvalue weighted by molar-refractivity contribution is -0.127. The number of hydrogen-bond donors (Lipinski definition) is 1. The zero-order chi connectivity index (χ0) is 14.2. The molecule has 0 aromatic carbocycles. The van der Waals surface area contributed by atoms with Crippen LogP contribution in [0.15, 0.2) is 12.4 Å². The van der Waals surface area contributed by atoms with Gasteiger partial charge in [-0.05, 0) is 31.2 Å². The van der Waals surface area contributed by atoms with Crippen LogP contribution in [0, 0.1) is 11.3 Å². The van der Waals surface area contributed by atoms with E-state index in [1.165, 1.54) is 18.4 Å². The Kier molecular flexibility index (Phi) is 3.54. The summed E-state index contributed by atoms with van der Waals surface area (Å²) in [6.45, 7) is 3.11.